The molecule has 0 saturated carbocycles. The maximum Gasteiger partial charge on any atom is 0.205 e. The number of para-hydroxylation sites is 2. The number of nitrogens with two attached hydrogens (primary N) is 1. The normalized spacial score (nSPS) is 10.5. The van der Waals surface area contributed by atoms with Crippen molar-refractivity contribution in [1.82, 2.24) is 9.55 Å². The van der Waals surface area contributed by atoms with E-state index in [1.165, 1.54) is 12.1 Å². The number of nitriles is 1. The van der Waals surface area contributed by atoms with Crippen LogP contribution in [0.1, 0.15) is 5.56 Å². The smallest absolute Gasteiger partial charge is 0.205 e. The molecular formula is C14H9FN4. The van der Waals surface area contributed by atoms with E-state index >= 15 is 0 Å². The van der Waals surface area contributed by atoms with Crippen molar-refractivity contribution >= 4 is 17.0 Å². The predicted octanol–water partition coefficient (Wildman–Crippen LogP) is 2.62. The molecule has 0 aliphatic carbocycles. The Balaban J connectivity index is 2.31. The van der Waals surface area contributed by atoms with E-state index in [0.717, 1.165) is 11.0 Å². The Bertz CT molecular complexity index is 814. The van der Waals surface area contributed by atoms with Gasteiger partial charge in [0.1, 0.15) is 11.9 Å². The second kappa shape index (κ2) is 4.10. The molecule has 1 aromatic heterocycles. The lowest BCUT2D eigenvalue weighted by molar-refractivity contribution is 0.623. The monoisotopic (exact) mass is 252 g/mol. The first kappa shape index (κ1) is 11.2. The van der Waals surface area contributed by atoms with E-state index in [1.807, 2.05) is 30.3 Å². The predicted molar refractivity (Wildman–Crippen MR) is 70.2 cm³/mol. The Morgan fingerprint density at radius 1 is 1.21 bits per heavy atom. The Morgan fingerprint density at radius 3 is 2.79 bits per heavy atom. The van der Waals surface area contributed by atoms with E-state index in [1.54, 1.807) is 10.6 Å². The van der Waals surface area contributed by atoms with Crippen LogP contribution in [0.2, 0.25) is 0 Å². The van der Waals surface area contributed by atoms with E-state index in [4.69, 9.17) is 11.0 Å². The number of aromatic nitrogens is 2. The van der Waals surface area contributed by atoms with Gasteiger partial charge in [-0.1, -0.05) is 12.1 Å². The van der Waals surface area contributed by atoms with Crippen LogP contribution >= 0.6 is 0 Å². The minimum absolute atomic E-state index is 0.0188. The Labute approximate surface area is 108 Å². The largest absolute Gasteiger partial charge is 0.369 e. The molecule has 0 spiro atoms. The highest BCUT2D eigenvalue weighted by Gasteiger charge is 2.11. The summed E-state index contributed by atoms with van der Waals surface area (Å²) in [6.45, 7) is 0. The Hall–Kier alpha value is -2.87. The second-order valence-electron chi connectivity index (χ2n) is 4.07. The van der Waals surface area contributed by atoms with Crippen molar-refractivity contribution in [3.05, 3.63) is 53.8 Å². The SMILES string of the molecule is N#Cc1cc(-n2c(N)nc3ccccc32)ccc1F. The zero-order valence-electron chi connectivity index (χ0n) is 9.84. The van der Waals surface area contributed by atoms with Gasteiger partial charge in [0, 0.05) is 0 Å². The van der Waals surface area contributed by atoms with Gasteiger partial charge in [-0.2, -0.15) is 5.26 Å². The average Bonchev–Trinajstić information content (AvgIpc) is 2.75. The van der Waals surface area contributed by atoms with E-state index in [9.17, 15) is 4.39 Å². The van der Waals surface area contributed by atoms with E-state index in [-0.39, 0.29) is 5.56 Å². The lowest BCUT2D eigenvalue weighted by Gasteiger charge is -2.07. The van der Waals surface area contributed by atoms with Crippen LogP contribution in [0.4, 0.5) is 10.3 Å². The molecule has 92 valence electrons. The summed E-state index contributed by atoms with van der Waals surface area (Å²) in [6.07, 6.45) is 0. The van der Waals surface area contributed by atoms with Crippen LogP contribution in [0, 0.1) is 17.1 Å². The van der Waals surface area contributed by atoms with Gasteiger partial charge in [0.15, 0.2) is 0 Å². The molecule has 5 heteroatoms. The number of rotatable bonds is 1. The summed E-state index contributed by atoms with van der Waals surface area (Å²) >= 11 is 0. The molecule has 0 amide bonds. The fourth-order valence-corrected chi connectivity index (χ4v) is 2.05. The van der Waals surface area contributed by atoms with E-state index in [2.05, 4.69) is 4.98 Å². The summed E-state index contributed by atoms with van der Waals surface area (Å²) in [5.74, 6) is -0.244. The highest BCUT2D eigenvalue weighted by molar-refractivity contribution is 5.80. The maximum absolute atomic E-state index is 13.3. The molecule has 0 radical (unpaired) electrons. The lowest BCUT2D eigenvalue weighted by Crippen LogP contribution is -2.01. The van der Waals surface area contributed by atoms with Crippen LogP contribution in [0.25, 0.3) is 16.7 Å². The third-order valence-electron chi connectivity index (χ3n) is 2.92. The topological polar surface area (TPSA) is 67.6 Å². The molecule has 0 bridgehead atoms. The molecule has 3 aromatic rings. The number of hydrogen-bond acceptors (Lipinski definition) is 3. The number of fused-ring (bicyclic) bond motifs is 1. The fourth-order valence-electron chi connectivity index (χ4n) is 2.05. The van der Waals surface area contributed by atoms with Gasteiger partial charge in [0.2, 0.25) is 5.95 Å². The van der Waals surface area contributed by atoms with Crippen molar-refractivity contribution in [2.24, 2.45) is 0 Å². The first-order valence-corrected chi connectivity index (χ1v) is 5.63. The fraction of sp³-hybridized carbons (Fsp3) is 0. The molecule has 1 heterocycles. The number of nitrogens with zero attached hydrogens (tertiary/aromatic N) is 3. The lowest BCUT2D eigenvalue weighted by atomic mass is 10.2. The summed E-state index contributed by atoms with van der Waals surface area (Å²) in [6, 6.07) is 13.5. The minimum atomic E-state index is -0.547. The number of halogens is 1. The van der Waals surface area contributed by atoms with Crippen LogP contribution in [0.15, 0.2) is 42.5 Å². The summed E-state index contributed by atoms with van der Waals surface area (Å²) < 4.78 is 15.0. The van der Waals surface area contributed by atoms with Crippen molar-refractivity contribution < 1.29 is 4.39 Å². The van der Waals surface area contributed by atoms with Crippen molar-refractivity contribution in [1.29, 1.82) is 5.26 Å². The van der Waals surface area contributed by atoms with Crippen LogP contribution in [0.3, 0.4) is 0 Å². The molecule has 2 aromatic carbocycles. The third-order valence-corrected chi connectivity index (χ3v) is 2.92. The van der Waals surface area contributed by atoms with Gasteiger partial charge in [0.25, 0.3) is 0 Å². The van der Waals surface area contributed by atoms with E-state index < -0.39 is 5.82 Å². The molecule has 19 heavy (non-hydrogen) atoms. The molecule has 0 atom stereocenters. The first-order valence-electron chi connectivity index (χ1n) is 5.63. The summed E-state index contributed by atoms with van der Waals surface area (Å²) in [4.78, 5) is 4.23. The quantitative estimate of drug-likeness (QED) is 0.723. The van der Waals surface area contributed by atoms with Gasteiger partial charge in [-0.05, 0) is 30.3 Å². The molecule has 0 saturated heterocycles. The van der Waals surface area contributed by atoms with Gasteiger partial charge < -0.3 is 5.73 Å². The Kier molecular flexibility index (Phi) is 2.43. The average molecular weight is 252 g/mol. The standard InChI is InChI=1S/C14H9FN4/c15-11-6-5-10(7-9(11)8-16)19-13-4-2-1-3-12(13)18-14(19)17/h1-7H,(H2,17,18). The number of benzene rings is 2. The molecule has 4 nitrogen and oxygen atoms in total. The third kappa shape index (κ3) is 1.70. The van der Waals surface area contributed by atoms with Crippen molar-refractivity contribution in [3.8, 4) is 11.8 Å². The van der Waals surface area contributed by atoms with Gasteiger partial charge in [-0.25, -0.2) is 9.37 Å². The van der Waals surface area contributed by atoms with Crippen molar-refractivity contribution in [2.45, 2.75) is 0 Å². The second-order valence-corrected chi connectivity index (χ2v) is 4.07. The van der Waals surface area contributed by atoms with Crippen LogP contribution in [-0.2, 0) is 0 Å². The first-order chi connectivity index (χ1) is 9.20. The van der Waals surface area contributed by atoms with Gasteiger partial charge in [-0.15, -0.1) is 0 Å². The van der Waals surface area contributed by atoms with Gasteiger partial charge in [-0.3, -0.25) is 4.57 Å². The van der Waals surface area contributed by atoms with Gasteiger partial charge >= 0.3 is 0 Å². The van der Waals surface area contributed by atoms with Crippen LogP contribution < -0.4 is 5.73 Å². The van der Waals surface area contributed by atoms with Gasteiger partial charge in [0.05, 0.1) is 22.3 Å². The molecule has 2 N–H and O–H groups in total. The molecule has 0 unspecified atom stereocenters. The molecule has 3 rings (SSSR count). The molecule has 0 fully saturated rings. The molecule has 0 aliphatic rings. The summed E-state index contributed by atoms with van der Waals surface area (Å²) in [5.41, 5.74) is 8.05. The number of anilines is 1. The Morgan fingerprint density at radius 2 is 2.00 bits per heavy atom. The highest BCUT2D eigenvalue weighted by atomic mass is 19.1. The number of nitrogen functional groups attached to an aromatic ring is 1. The van der Waals surface area contributed by atoms with E-state index in [0.29, 0.717) is 11.6 Å². The zero-order valence-corrected chi connectivity index (χ0v) is 9.84. The summed E-state index contributed by atoms with van der Waals surface area (Å²) in [5, 5.41) is 8.88. The minimum Gasteiger partial charge on any atom is -0.369 e. The van der Waals surface area contributed by atoms with Crippen LogP contribution in [0.5, 0.6) is 0 Å². The van der Waals surface area contributed by atoms with Crippen molar-refractivity contribution in [3.63, 3.8) is 0 Å². The molecular weight excluding hydrogens is 243 g/mol. The molecule has 0 aliphatic heterocycles. The zero-order chi connectivity index (χ0) is 13.4. The number of imidazole rings is 1. The number of hydrogen-bond donors (Lipinski definition) is 1. The van der Waals surface area contributed by atoms with Crippen molar-refractivity contribution in [2.75, 3.05) is 5.73 Å². The maximum atomic E-state index is 13.3. The van der Waals surface area contributed by atoms with Crippen LogP contribution in [-0.4, -0.2) is 9.55 Å². The summed E-state index contributed by atoms with van der Waals surface area (Å²) in [7, 11) is 0. The highest BCUT2D eigenvalue weighted by Crippen LogP contribution is 2.23.